The molecular weight excluding hydrogens is 347 g/mol. The number of carbonyl (C=O) groups is 1. The maximum absolute atomic E-state index is 13.7. The van der Waals surface area contributed by atoms with E-state index in [1.165, 1.54) is 13.2 Å². The lowest BCUT2D eigenvalue weighted by atomic mass is 10.2. The Labute approximate surface area is 156 Å². The number of nitrogens with zero attached hydrogens (tertiary/aromatic N) is 2. The fourth-order valence-electron chi connectivity index (χ4n) is 2.51. The average Bonchev–Trinajstić information content (AvgIpc) is 2.67. The number of benzene rings is 2. The van der Waals surface area contributed by atoms with Crippen LogP contribution in [0.2, 0.25) is 0 Å². The summed E-state index contributed by atoms with van der Waals surface area (Å²) in [6, 6.07) is 15.2. The molecule has 0 amide bonds. The normalized spacial score (nSPS) is 10.3. The molecule has 0 aliphatic carbocycles. The largest absolute Gasteiger partial charge is 0.465 e. The second-order valence-corrected chi connectivity index (χ2v) is 5.82. The van der Waals surface area contributed by atoms with Gasteiger partial charge < -0.3 is 15.4 Å². The van der Waals surface area contributed by atoms with E-state index in [0.717, 1.165) is 5.69 Å². The predicted octanol–water partition coefficient (Wildman–Crippen LogP) is 4.07. The average molecular weight is 366 g/mol. The molecule has 138 valence electrons. The fourth-order valence-corrected chi connectivity index (χ4v) is 2.51. The Bertz CT molecular complexity index is 945. The lowest BCUT2D eigenvalue weighted by molar-refractivity contribution is 0.0601. The van der Waals surface area contributed by atoms with Crippen molar-refractivity contribution < 1.29 is 13.9 Å². The Balaban J connectivity index is 1.71. The number of anilines is 3. The zero-order valence-electron chi connectivity index (χ0n) is 15.0. The molecule has 6 nitrogen and oxygen atoms in total. The van der Waals surface area contributed by atoms with E-state index in [4.69, 9.17) is 0 Å². The molecule has 27 heavy (non-hydrogen) atoms. The number of hydrogen-bond acceptors (Lipinski definition) is 6. The summed E-state index contributed by atoms with van der Waals surface area (Å²) in [5, 5.41) is 6.27. The Kier molecular flexibility index (Phi) is 5.61. The van der Waals surface area contributed by atoms with Crippen LogP contribution in [0, 0.1) is 12.7 Å². The quantitative estimate of drug-likeness (QED) is 0.641. The van der Waals surface area contributed by atoms with Gasteiger partial charge in [-0.15, -0.1) is 0 Å². The third-order valence-electron chi connectivity index (χ3n) is 3.83. The summed E-state index contributed by atoms with van der Waals surface area (Å²) >= 11 is 0. The van der Waals surface area contributed by atoms with Gasteiger partial charge in [0.1, 0.15) is 23.3 Å². The van der Waals surface area contributed by atoms with Crippen molar-refractivity contribution in [3.63, 3.8) is 0 Å². The molecule has 0 saturated carbocycles. The number of methoxy groups -OCH3 is 1. The predicted molar refractivity (Wildman–Crippen MR) is 102 cm³/mol. The van der Waals surface area contributed by atoms with Crippen LogP contribution in [0.1, 0.15) is 21.7 Å². The zero-order valence-corrected chi connectivity index (χ0v) is 15.0. The van der Waals surface area contributed by atoms with Gasteiger partial charge in [-0.3, -0.25) is 0 Å². The van der Waals surface area contributed by atoms with Crippen molar-refractivity contribution in [3.8, 4) is 0 Å². The van der Waals surface area contributed by atoms with Crippen LogP contribution in [-0.2, 0) is 11.3 Å². The standard InChI is InChI=1S/C20H19FN4O2/c1-13-23-18(22-12-15-5-3-4-6-17(15)21)11-19(24-13)25-16-9-7-14(8-10-16)20(26)27-2/h3-11H,12H2,1-2H3,(H2,22,23,24,25). The highest BCUT2D eigenvalue weighted by molar-refractivity contribution is 5.89. The molecule has 3 rings (SSSR count). The van der Waals surface area contributed by atoms with Crippen LogP contribution >= 0.6 is 0 Å². The van der Waals surface area contributed by atoms with Crippen molar-refractivity contribution in [1.82, 2.24) is 9.97 Å². The van der Waals surface area contributed by atoms with E-state index in [0.29, 0.717) is 35.1 Å². The van der Waals surface area contributed by atoms with Crippen LogP contribution in [0.4, 0.5) is 21.7 Å². The van der Waals surface area contributed by atoms with Crippen LogP contribution < -0.4 is 10.6 Å². The summed E-state index contributed by atoms with van der Waals surface area (Å²) < 4.78 is 18.4. The molecule has 0 fully saturated rings. The molecule has 0 radical (unpaired) electrons. The van der Waals surface area contributed by atoms with E-state index in [-0.39, 0.29) is 11.8 Å². The maximum Gasteiger partial charge on any atom is 0.337 e. The first-order valence-electron chi connectivity index (χ1n) is 8.33. The number of hydrogen-bond donors (Lipinski definition) is 2. The Hall–Kier alpha value is -3.48. The Morgan fingerprint density at radius 3 is 2.48 bits per heavy atom. The van der Waals surface area contributed by atoms with Gasteiger partial charge in [0, 0.05) is 23.9 Å². The van der Waals surface area contributed by atoms with Gasteiger partial charge >= 0.3 is 5.97 Å². The zero-order chi connectivity index (χ0) is 19.2. The summed E-state index contributed by atoms with van der Waals surface area (Å²) in [5.41, 5.74) is 1.79. The molecule has 7 heteroatoms. The molecule has 1 aromatic heterocycles. The smallest absolute Gasteiger partial charge is 0.337 e. The van der Waals surface area contributed by atoms with Gasteiger partial charge in [-0.25, -0.2) is 19.2 Å². The summed E-state index contributed by atoms with van der Waals surface area (Å²) in [7, 11) is 1.34. The Morgan fingerprint density at radius 1 is 1.07 bits per heavy atom. The summed E-state index contributed by atoms with van der Waals surface area (Å²) in [5.74, 6) is 1.09. The molecule has 0 atom stereocenters. The number of aromatic nitrogens is 2. The number of halogens is 1. The molecule has 0 aliphatic rings. The number of nitrogens with one attached hydrogen (secondary N) is 2. The number of esters is 1. The molecule has 0 aliphatic heterocycles. The van der Waals surface area contributed by atoms with Crippen LogP contribution in [0.5, 0.6) is 0 Å². The number of carbonyl (C=O) groups excluding carboxylic acids is 1. The highest BCUT2D eigenvalue weighted by atomic mass is 19.1. The summed E-state index contributed by atoms with van der Waals surface area (Å²) in [4.78, 5) is 20.2. The van der Waals surface area contributed by atoms with Crippen LogP contribution in [-0.4, -0.2) is 23.0 Å². The van der Waals surface area contributed by atoms with Crippen molar-refractivity contribution in [3.05, 3.63) is 77.4 Å². The minimum absolute atomic E-state index is 0.264. The van der Waals surface area contributed by atoms with Gasteiger partial charge in [-0.2, -0.15) is 0 Å². The number of ether oxygens (including phenoxy) is 1. The SMILES string of the molecule is COC(=O)c1ccc(Nc2cc(NCc3ccccc3F)nc(C)n2)cc1. The molecule has 0 spiro atoms. The second kappa shape index (κ2) is 8.27. The van der Waals surface area contributed by atoms with Crippen molar-refractivity contribution in [1.29, 1.82) is 0 Å². The van der Waals surface area contributed by atoms with E-state index in [1.807, 2.05) is 0 Å². The molecule has 0 unspecified atom stereocenters. The van der Waals surface area contributed by atoms with E-state index in [9.17, 15) is 9.18 Å². The van der Waals surface area contributed by atoms with Gasteiger partial charge in [0.2, 0.25) is 0 Å². The van der Waals surface area contributed by atoms with Gasteiger partial charge in [0.25, 0.3) is 0 Å². The van der Waals surface area contributed by atoms with E-state index < -0.39 is 0 Å². The molecular formula is C20H19FN4O2. The van der Waals surface area contributed by atoms with E-state index in [1.54, 1.807) is 55.5 Å². The van der Waals surface area contributed by atoms with Crippen molar-refractivity contribution in [2.24, 2.45) is 0 Å². The van der Waals surface area contributed by atoms with Crippen molar-refractivity contribution in [2.75, 3.05) is 17.7 Å². The van der Waals surface area contributed by atoms with E-state index in [2.05, 4.69) is 25.3 Å². The van der Waals surface area contributed by atoms with E-state index >= 15 is 0 Å². The maximum atomic E-state index is 13.7. The monoisotopic (exact) mass is 366 g/mol. The fraction of sp³-hybridized carbons (Fsp3) is 0.150. The second-order valence-electron chi connectivity index (χ2n) is 5.82. The first kappa shape index (κ1) is 18.3. The van der Waals surface area contributed by atoms with Gasteiger partial charge in [-0.05, 0) is 37.3 Å². The third-order valence-corrected chi connectivity index (χ3v) is 3.83. The first-order valence-corrected chi connectivity index (χ1v) is 8.33. The molecule has 3 aromatic rings. The summed E-state index contributed by atoms with van der Waals surface area (Å²) in [6.07, 6.45) is 0. The highest BCUT2D eigenvalue weighted by Gasteiger charge is 2.07. The van der Waals surface area contributed by atoms with Gasteiger partial charge in [0.15, 0.2) is 0 Å². The molecule has 2 aromatic carbocycles. The van der Waals surface area contributed by atoms with Crippen molar-refractivity contribution in [2.45, 2.75) is 13.5 Å². The van der Waals surface area contributed by atoms with Crippen LogP contribution in [0.3, 0.4) is 0 Å². The molecule has 1 heterocycles. The topological polar surface area (TPSA) is 76.1 Å². The lowest BCUT2D eigenvalue weighted by Gasteiger charge is -2.11. The summed E-state index contributed by atoms with van der Waals surface area (Å²) in [6.45, 7) is 2.09. The third kappa shape index (κ3) is 4.78. The lowest BCUT2D eigenvalue weighted by Crippen LogP contribution is -2.06. The molecule has 2 N–H and O–H groups in total. The van der Waals surface area contributed by atoms with Crippen molar-refractivity contribution >= 4 is 23.3 Å². The highest BCUT2D eigenvalue weighted by Crippen LogP contribution is 2.19. The molecule has 0 bridgehead atoms. The van der Waals surface area contributed by atoms with Crippen LogP contribution in [0.15, 0.2) is 54.6 Å². The number of rotatable bonds is 6. The Morgan fingerprint density at radius 2 is 1.78 bits per heavy atom. The first-order chi connectivity index (χ1) is 13.0. The minimum Gasteiger partial charge on any atom is -0.465 e. The minimum atomic E-state index is -0.390. The van der Waals surface area contributed by atoms with Crippen LogP contribution in [0.25, 0.3) is 0 Å². The van der Waals surface area contributed by atoms with Gasteiger partial charge in [0.05, 0.1) is 12.7 Å². The van der Waals surface area contributed by atoms with Gasteiger partial charge in [-0.1, -0.05) is 18.2 Å². The molecule has 0 saturated heterocycles. The number of aryl methyl sites for hydroxylation is 1.